The van der Waals surface area contributed by atoms with Crippen LogP contribution in [0.25, 0.3) is 17.0 Å². The van der Waals surface area contributed by atoms with Gasteiger partial charge in [-0.3, -0.25) is 14.5 Å². The van der Waals surface area contributed by atoms with Crippen molar-refractivity contribution in [2.24, 2.45) is 0 Å². The maximum Gasteiger partial charge on any atom is 0.257 e. The fourth-order valence-corrected chi connectivity index (χ4v) is 3.34. The number of imidazole rings is 1. The lowest BCUT2D eigenvalue weighted by atomic mass is 10.1. The van der Waals surface area contributed by atoms with E-state index < -0.39 is 37.3 Å². The van der Waals surface area contributed by atoms with E-state index in [4.69, 9.17) is 5.26 Å². The molecule has 14 heteroatoms. The zero-order valence-electron chi connectivity index (χ0n) is 19.7. The molecule has 1 atom stereocenters. The monoisotopic (exact) mass is 515 g/mol. The van der Waals surface area contributed by atoms with Crippen LogP contribution in [0.4, 0.5) is 28.9 Å². The van der Waals surface area contributed by atoms with Crippen molar-refractivity contribution in [1.29, 1.82) is 5.26 Å². The number of carbonyl (C=O) groups excluding carboxylic acids is 1. The highest BCUT2D eigenvalue weighted by Crippen LogP contribution is 2.27. The Bertz CT molecular complexity index is 1470. The Labute approximate surface area is 207 Å². The molecule has 0 spiro atoms. The Hall–Kier alpha value is -4.54. The molecule has 0 aliphatic heterocycles. The first-order valence-electron chi connectivity index (χ1n) is 11.0. The third-order valence-corrected chi connectivity index (χ3v) is 5.33. The lowest BCUT2D eigenvalue weighted by Crippen LogP contribution is -2.39. The molecule has 0 saturated heterocycles. The van der Waals surface area contributed by atoms with Crippen LogP contribution in [0.15, 0.2) is 43.1 Å². The number of alkyl halides is 4. The molecule has 4 aromatic rings. The van der Waals surface area contributed by atoms with Gasteiger partial charge in [0.25, 0.3) is 12.3 Å². The number of fused-ring (bicyclic) bond motifs is 1. The number of nitrogens with zero attached hydrogens (tertiary/aromatic N) is 7. The van der Waals surface area contributed by atoms with E-state index in [1.54, 1.807) is 0 Å². The molecule has 37 heavy (non-hydrogen) atoms. The summed E-state index contributed by atoms with van der Waals surface area (Å²) in [5.74, 6) is -0.733. The van der Waals surface area contributed by atoms with E-state index in [9.17, 15) is 22.4 Å². The second-order valence-electron chi connectivity index (χ2n) is 8.59. The summed E-state index contributed by atoms with van der Waals surface area (Å²) in [6.45, 7) is 0.932. The molecular weight excluding hydrogens is 494 g/mol. The minimum atomic E-state index is -2.61. The van der Waals surface area contributed by atoms with Gasteiger partial charge in [-0.15, -0.1) is 0 Å². The van der Waals surface area contributed by atoms with Gasteiger partial charge in [-0.2, -0.15) is 15.5 Å². The normalized spacial score (nSPS) is 12.5. The van der Waals surface area contributed by atoms with Crippen molar-refractivity contribution >= 4 is 22.9 Å². The molecule has 4 aromatic heterocycles. The van der Waals surface area contributed by atoms with Gasteiger partial charge in [-0.05, 0) is 19.9 Å². The van der Waals surface area contributed by atoms with Crippen molar-refractivity contribution in [2.75, 3.05) is 11.9 Å². The van der Waals surface area contributed by atoms with E-state index >= 15 is 0 Å². The number of rotatable bonds is 9. The van der Waals surface area contributed by atoms with Gasteiger partial charge in [-0.25, -0.2) is 27.1 Å². The number of anilines is 2. The van der Waals surface area contributed by atoms with Gasteiger partial charge in [-0.1, -0.05) is 0 Å². The second kappa shape index (κ2) is 10.2. The molecule has 0 aliphatic rings. The summed E-state index contributed by atoms with van der Waals surface area (Å²) in [5, 5.41) is 22.4. The van der Waals surface area contributed by atoms with Crippen molar-refractivity contribution < 1.29 is 22.4 Å². The predicted molar refractivity (Wildman–Crippen MR) is 125 cm³/mol. The number of pyridine rings is 1. The highest BCUT2D eigenvalue weighted by atomic mass is 19.3. The molecule has 0 fully saturated rings. The lowest BCUT2D eigenvalue weighted by molar-refractivity contribution is 0.0759. The predicted octanol–water partition coefficient (Wildman–Crippen LogP) is 3.68. The number of hydrogen-bond acceptors (Lipinski definition) is 7. The molecule has 4 heterocycles. The third kappa shape index (κ3) is 5.83. The number of amides is 1. The molecule has 0 aliphatic carbocycles. The van der Waals surface area contributed by atoms with Crippen LogP contribution in [0.3, 0.4) is 0 Å². The molecule has 0 bridgehead atoms. The topological polar surface area (TPSA) is 126 Å². The van der Waals surface area contributed by atoms with Crippen LogP contribution in [0, 0.1) is 11.3 Å². The fourth-order valence-electron chi connectivity index (χ4n) is 3.34. The van der Waals surface area contributed by atoms with Crippen LogP contribution in [0.1, 0.15) is 29.8 Å². The number of aromatic nitrogens is 6. The Morgan fingerprint density at radius 1 is 1.14 bits per heavy atom. The third-order valence-electron chi connectivity index (χ3n) is 5.33. The molecule has 0 aromatic carbocycles. The van der Waals surface area contributed by atoms with E-state index in [1.807, 2.05) is 6.07 Å². The fraction of sp³-hybridized carbons (Fsp3) is 0.304. The SMILES string of the molecule is CC(C)(F)C(F)CNC(=O)c1cnc(-c2cnc3cc(C#N)cnn23)cc1Nc1cnn(CC(F)F)c1. The molecule has 4 rings (SSSR count). The van der Waals surface area contributed by atoms with Gasteiger partial charge in [0, 0.05) is 18.5 Å². The van der Waals surface area contributed by atoms with E-state index in [1.165, 1.54) is 47.6 Å². The quantitative estimate of drug-likeness (QED) is 0.326. The van der Waals surface area contributed by atoms with E-state index in [0.29, 0.717) is 28.3 Å². The van der Waals surface area contributed by atoms with E-state index in [0.717, 1.165) is 18.5 Å². The number of nitrogens with one attached hydrogen (secondary N) is 2. The van der Waals surface area contributed by atoms with Crippen molar-refractivity contribution in [3.05, 3.63) is 54.2 Å². The largest absolute Gasteiger partial charge is 0.352 e. The highest BCUT2D eigenvalue weighted by molar-refractivity contribution is 6.00. The van der Waals surface area contributed by atoms with Crippen LogP contribution in [-0.2, 0) is 6.54 Å². The van der Waals surface area contributed by atoms with Crippen LogP contribution < -0.4 is 10.6 Å². The van der Waals surface area contributed by atoms with Crippen LogP contribution in [0.2, 0.25) is 0 Å². The molecule has 1 unspecified atom stereocenters. The molecule has 192 valence electrons. The Kier molecular flexibility index (Phi) is 7.05. The summed E-state index contributed by atoms with van der Waals surface area (Å²) in [4.78, 5) is 21.4. The first kappa shape index (κ1) is 25.5. The standard InChI is InChI=1S/C23H21F4N9O/c1-23(2,27)19(24)10-31-22(37)15-8-29-17(18-9-30-21-3-13(5-28)6-33-36(18)21)4-16(15)34-14-7-32-35(11-14)12-20(25)26/h3-4,6-9,11,19-20H,10,12H2,1-2H3,(H,29,34)(H,31,37). The van der Waals surface area contributed by atoms with Crippen molar-refractivity contribution in [3.8, 4) is 17.5 Å². The van der Waals surface area contributed by atoms with Gasteiger partial charge >= 0.3 is 0 Å². The molecular formula is C23H21F4N9O. The smallest absolute Gasteiger partial charge is 0.257 e. The molecule has 1 amide bonds. The van der Waals surface area contributed by atoms with E-state index in [-0.39, 0.29) is 11.3 Å². The summed E-state index contributed by atoms with van der Waals surface area (Å²) in [5.41, 5.74) is -0.200. The Morgan fingerprint density at radius 3 is 2.62 bits per heavy atom. The first-order valence-corrected chi connectivity index (χ1v) is 11.0. The van der Waals surface area contributed by atoms with Crippen molar-refractivity contribution in [2.45, 2.75) is 38.7 Å². The Balaban J connectivity index is 1.69. The summed E-state index contributed by atoms with van der Waals surface area (Å²) in [7, 11) is 0. The average molecular weight is 515 g/mol. The Morgan fingerprint density at radius 2 is 1.92 bits per heavy atom. The second-order valence-corrected chi connectivity index (χ2v) is 8.59. The summed E-state index contributed by atoms with van der Waals surface area (Å²) in [6.07, 6.45) is 2.13. The zero-order chi connectivity index (χ0) is 26.7. The molecule has 0 saturated carbocycles. The highest BCUT2D eigenvalue weighted by Gasteiger charge is 2.29. The number of halogens is 4. The lowest BCUT2D eigenvalue weighted by Gasteiger charge is -2.20. The molecule has 2 N–H and O–H groups in total. The minimum absolute atomic E-state index is 0.0113. The zero-order valence-corrected chi connectivity index (χ0v) is 19.7. The number of hydrogen-bond donors (Lipinski definition) is 2. The summed E-state index contributed by atoms with van der Waals surface area (Å²) < 4.78 is 55.8. The summed E-state index contributed by atoms with van der Waals surface area (Å²) >= 11 is 0. The van der Waals surface area contributed by atoms with Gasteiger partial charge in [0.1, 0.15) is 24.0 Å². The van der Waals surface area contributed by atoms with Gasteiger partial charge in [0.2, 0.25) is 0 Å². The molecule has 10 nitrogen and oxygen atoms in total. The molecule has 0 radical (unpaired) electrons. The van der Waals surface area contributed by atoms with Crippen LogP contribution in [0.5, 0.6) is 0 Å². The van der Waals surface area contributed by atoms with Gasteiger partial charge in [0.05, 0.1) is 53.3 Å². The van der Waals surface area contributed by atoms with Crippen LogP contribution in [-0.4, -0.2) is 60.1 Å². The number of nitriles is 1. The minimum Gasteiger partial charge on any atom is -0.352 e. The first-order chi connectivity index (χ1) is 17.5. The number of carbonyl (C=O) groups is 1. The van der Waals surface area contributed by atoms with E-state index in [2.05, 4.69) is 30.8 Å². The van der Waals surface area contributed by atoms with Gasteiger partial charge < -0.3 is 10.6 Å². The van der Waals surface area contributed by atoms with Crippen molar-refractivity contribution in [3.63, 3.8) is 0 Å². The maximum absolute atomic E-state index is 14.1. The van der Waals surface area contributed by atoms with Gasteiger partial charge in [0.15, 0.2) is 11.8 Å². The summed E-state index contributed by atoms with van der Waals surface area (Å²) in [6, 6.07) is 5.01. The maximum atomic E-state index is 14.1. The van der Waals surface area contributed by atoms with Crippen LogP contribution >= 0.6 is 0 Å². The average Bonchev–Trinajstić information content (AvgIpc) is 3.47. The van der Waals surface area contributed by atoms with Crippen molar-refractivity contribution in [1.82, 2.24) is 34.7 Å².